The lowest BCUT2D eigenvalue weighted by Crippen LogP contribution is -2.16. The van der Waals surface area contributed by atoms with E-state index in [1.807, 2.05) is 20.2 Å². The minimum Gasteiger partial charge on any atom is -0.316 e. The van der Waals surface area contributed by atoms with Gasteiger partial charge in [0.25, 0.3) is 0 Å². The summed E-state index contributed by atoms with van der Waals surface area (Å²) in [7, 11) is -1.05. The van der Waals surface area contributed by atoms with Crippen LogP contribution in [0.2, 0.25) is 0 Å². The number of nitrogens with one attached hydrogen (secondary N) is 1. The van der Waals surface area contributed by atoms with Gasteiger partial charge < -0.3 is 5.32 Å². The van der Waals surface area contributed by atoms with Crippen molar-refractivity contribution in [1.82, 2.24) is 15.1 Å². The lowest BCUT2D eigenvalue weighted by Gasteiger charge is -2.02. The molecule has 0 aromatic carbocycles. The second-order valence-electron chi connectivity index (χ2n) is 3.79. The molecule has 0 saturated heterocycles. The molecule has 0 unspecified atom stereocenters. The Hall–Kier alpha value is -0.880. The quantitative estimate of drug-likeness (QED) is 0.756. The zero-order valence-corrected chi connectivity index (χ0v) is 10.6. The molecule has 16 heavy (non-hydrogen) atoms. The van der Waals surface area contributed by atoms with Gasteiger partial charge in [-0.15, -0.1) is 0 Å². The Labute approximate surface area is 96.8 Å². The van der Waals surface area contributed by atoms with E-state index in [2.05, 4.69) is 10.4 Å². The average molecular weight is 245 g/mol. The monoisotopic (exact) mass is 245 g/mol. The van der Waals surface area contributed by atoms with Crippen LogP contribution in [0, 0.1) is 0 Å². The van der Waals surface area contributed by atoms with E-state index in [0.29, 0.717) is 13.0 Å². The number of hydrogen-bond acceptors (Lipinski definition) is 4. The van der Waals surface area contributed by atoms with Gasteiger partial charge in [-0.3, -0.25) is 4.68 Å². The molecule has 6 heteroatoms. The van der Waals surface area contributed by atoms with E-state index in [9.17, 15) is 8.42 Å². The molecule has 1 rings (SSSR count). The highest BCUT2D eigenvalue weighted by atomic mass is 32.2. The fourth-order valence-corrected chi connectivity index (χ4v) is 2.76. The summed E-state index contributed by atoms with van der Waals surface area (Å²) in [4.78, 5) is 0. The Balaban J connectivity index is 2.48. The van der Waals surface area contributed by atoms with Crippen molar-refractivity contribution in [3.05, 3.63) is 18.0 Å². The van der Waals surface area contributed by atoms with E-state index < -0.39 is 9.84 Å². The molecule has 0 aliphatic rings. The molecule has 0 saturated carbocycles. The molecule has 0 fully saturated rings. The van der Waals surface area contributed by atoms with Crippen LogP contribution >= 0.6 is 0 Å². The summed E-state index contributed by atoms with van der Waals surface area (Å²) >= 11 is 0. The summed E-state index contributed by atoms with van der Waals surface area (Å²) in [5.41, 5.74) is 1.07. The van der Waals surface area contributed by atoms with Gasteiger partial charge in [0.05, 0.1) is 18.5 Å². The number of hydrogen-bond donors (Lipinski definition) is 1. The number of aromatic nitrogens is 2. The van der Waals surface area contributed by atoms with Crippen LogP contribution in [0.5, 0.6) is 0 Å². The molecule has 1 heterocycles. The standard InChI is InChI=1S/C10H19N3O2S/c1-3-5-16(14,15)6-4-13-9-10(7-11-2)8-12-13/h8-9,11H,3-7H2,1-2H3. The Morgan fingerprint density at radius 3 is 2.81 bits per heavy atom. The summed E-state index contributed by atoms with van der Waals surface area (Å²) in [5.74, 6) is 0.430. The van der Waals surface area contributed by atoms with E-state index in [1.54, 1.807) is 10.9 Å². The minimum absolute atomic E-state index is 0.168. The Kier molecular flexibility index (Phi) is 4.95. The van der Waals surface area contributed by atoms with Crippen LogP contribution in [0.3, 0.4) is 0 Å². The van der Waals surface area contributed by atoms with Gasteiger partial charge in [0.1, 0.15) is 0 Å². The van der Waals surface area contributed by atoms with Crippen molar-refractivity contribution in [3.63, 3.8) is 0 Å². The Bertz CT molecular complexity index is 411. The summed E-state index contributed by atoms with van der Waals surface area (Å²) in [6, 6.07) is 0. The van der Waals surface area contributed by atoms with Crippen LogP contribution in [-0.4, -0.2) is 36.8 Å². The van der Waals surface area contributed by atoms with Crippen LogP contribution in [-0.2, 0) is 22.9 Å². The largest absolute Gasteiger partial charge is 0.316 e. The number of sulfone groups is 1. The Morgan fingerprint density at radius 1 is 1.44 bits per heavy atom. The first-order chi connectivity index (χ1) is 7.57. The average Bonchev–Trinajstić information content (AvgIpc) is 2.64. The third-order valence-electron chi connectivity index (χ3n) is 2.21. The fraction of sp³-hybridized carbons (Fsp3) is 0.700. The molecule has 92 valence electrons. The molecule has 5 nitrogen and oxygen atoms in total. The number of aryl methyl sites for hydroxylation is 1. The SMILES string of the molecule is CCCS(=O)(=O)CCn1cc(CNC)cn1. The molecular weight excluding hydrogens is 226 g/mol. The van der Waals surface area contributed by atoms with Crippen LogP contribution in [0.1, 0.15) is 18.9 Å². The first-order valence-electron chi connectivity index (χ1n) is 5.43. The van der Waals surface area contributed by atoms with E-state index in [0.717, 1.165) is 12.1 Å². The van der Waals surface area contributed by atoms with Gasteiger partial charge in [0, 0.05) is 24.1 Å². The molecular formula is C10H19N3O2S. The maximum Gasteiger partial charge on any atom is 0.152 e. The van der Waals surface area contributed by atoms with Crippen molar-refractivity contribution in [2.45, 2.75) is 26.4 Å². The van der Waals surface area contributed by atoms with Gasteiger partial charge in [0.15, 0.2) is 9.84 Å². The maximum atomic E-state index is 11.5. The van der Waals surface area contributed by atoms with Gasteiger partial charge in [-0.2, -0.15) is 5.10 Å². The second kappa shape index (κ2) is 6.00. The van der Waals surface area contributed by atoms with E-state index in [-0.39, 0.29) is 11.5 Å². The smallest absolute Gasteiger partial charge is 0.152 e. The predicted molar refractivity (Wildman–Crippen MR) is 63.9 cm³/mol. The van der Waals surface area contributed by atoms with Crippen molar-refractivity contribution in [2.75, 3.05) is 18.6 Å². The normalized spacial score (nSPS) is 11.9. The first-order valence-corrected chi connectivity index (χ1v) is 7.26. The van der Waals surface area contributed by atoms with Gasteiger partial charge in [0.2, 0.25) is 0 Å². The molecule has 0 aliphatic carbocycles. The molecule has 0 atom stereocenters. The number of nitrogens with zero attached hydrogens (tertiary/aromatic N) is 2. The van der Waals surface area contributed by atoms with Crippen LogP contribution in [0.4, 0.5) is 0 Å². The summed E-state index contributed by atoms with van der Waals surface area (Å²) in [6.45, 7) is 3.06. The van der Waals surface area contributed by atoms with E-state index in [1.165, 1.54) is 0 Å². The van der Waals surface area contributed by atoms with E-state index in [4.69, 9.17) is 0 Å². The highest BCUT2D eigenvalue weighted by Crippen LogP contribution is 1.99. The maximum absolute atomic E-state index is 11.5. The van der Waals surface area contributed by atoms with Crippen LogP contribution in [0.15, 0.2) is 12.4 Å². The Morgan fingerprint density at radius 2 is 2.19 bits per heavy atom. The lowest BCUT2D eigenvalue weighted by molar-refractivity contribution is 0.579. The first kappa shape index (κ1) is 13.2. The molecule has 0 bridgehead atoms. The van der Waals surface area contributed by atoms with Crippen molar-refractivity contribution < 1.29 is 8.42 Å². The third-order valence-corrected chi connectivity index (χ3v) is 4.05. The summed E-state index contributed by atoms with van der Waals surface area (Å²) in [5, 5.41) is 7.13. The van der Waals surface area contributed by atoms with Gasteiger partial charge in [-0.05, 0) is 13.5 Å². The molecule has 0 amide bonds. The highest BCUT2D eigenvalue weighted by molar-refractivity contribution is 7.91. The molecule has 0 radical (unpaired) electrons. The van der Waals surface area contributed by atoms with Gasteiger partial charge >= 0.3 is 0 Å². The predicted octanol–water partition coefficient (Wildman–Crippen LogP) is 0.427. The zero-order valence-electron chi connectivity index (χ0n) is 9.81. The van der Waals surface area contributed by atoms with Gasteiger partial charge in [-0.25, -0.2) is 8.42 Å². The lowest BCUT2D eigenvalue weighted by atomic mass is 10.4. The zero-order chi connectivity index (χ0) is 12.0. The second-order valence-corrected chi connectivity index (χ2v) is 6.10. The molecule has 0 spiro atoms. The molecule has 1 aromatic rings. The van der Waals surface area contributed by atoms with Crippen LogP contribution in [0.25, 0.3) is 0 Å². The summed E-state index contributed by atoms with van der Waals surface area (Å²) in [6.07, 6.45) is 4.30. The molecule has 1 aromatic heterocycles. The van der Waals surface area contributed by atoms with E-state index >= 15 is 0 Å². The van der Waals surface area contributed by atoms with Crippen LogP contribution < -0.4 is 5.32 Å². The minimum atomic E-state index is -2.91. The van der Waals surface area contributed by atoms with Crippen molar-refractivity contribution in [3.8, 4) is 0 Å². The molecule has 1 N–H and O–H groups in total. The summed E-state index contributed by atoms with van der Waals surface area (Å²) < 4.78 is 24.6. The van der Waals surface area contributed by atoms with Crippen molar-refractivity contribution >= 4 is 9.84 Å². The third kappa shape index (κ3) is 4.32. The van der Waals surface area contributed by atoms with Gasteiger partial charge in [-0.1, -0.05) is 6.92 Å². The number of rotatable bonds is 7. The topological polar surface area (TPSA) is 64.0 Å². The van der Waals surface area contributed by atoms with Crippen molar-refractivity contribution in [1.29, 1.82) is 0 Å². The molecule has 0 aliphatic heterocycles. The fourth-order valence-electron chi connectivity index (χ4n) is 1.47. The van der Waals surface area contributed by atoms with Crippen molar-refractivity contribution in [2.24, 2.45) is 0 Å². The highest BCUT2D eigenvalue weighted by Gasteiger charge is 2.09.